The maximum atomic E-state index is 13.2. The molecule has 0 saturated carbocycles. The van der Waals surface area contributed by atoms with Crippen LogP contribution >= 0.6 is 22.9 Å². The molecule has 5 heteroatoms. The molecule has 0 saturated heterocycles. The standard InChI is InChI=1S/C12H11ClFNOS/c13-7-9-8-17-12(15-9)5-6-16-11-4-2-1-3-10(11)14/h1-4,8H,5-7H2. The highest BCUT2D eigenvalue weighted by molar-refractivity contribution is 7.09. The molecule has 1 aromatic carbocycles. The van der Waals surface area contributed by atoms with Crippen LogP contribution in [0.25, 0.3) is 0 Å². The first-order chi connectivity index (χ1) is 8.29. The van der Waals surface area contributed by atoms with E-state index in [2.05, 4.69) is 4.98 Å². The second-order valence-corrected chi connectivity index (χ2v) is 4.61. The molecule has 0 radical (unpaired) electrons. The van der Waals surface area contributed by atoms with Gasteiger partial charge in [0.15, 0.2) is 11.6 Å². The number of nitrogens with zero attached hydrogens (tertiary/aromatic N) is 1. The molecular formula is C12H11ClFNOS. The number of ether oxygens (including phenoxy) is 1. The predicted molar refractivity (Wildman–Crippen MR) is 67.3 cm³/mol. The average Bonchev–Trinajstić information content (AvgIpc) is 2.80. The van der Waals surface area contributed by atoms with Crippen molar-refractivity contribution in [2.75, 3.05) is 6.61 Å². The SMILES string of the molecule is Fc1ccccc1OCCc1nc(CCl)cs1. The van der Waals surface area contributed by atoms with Gasteiger partial charge in [0, 0.05) is 11.8 Å². The van der Waals surface area contributed by atoms with Crippen LogP contribution in [0.2, 0.25) is 0 Å². The van der Waals surface area contributed by atoms with Gasteiger partial charge in [0.1, 0.15) is 0 Å². The number of hydrogen-bond acceptors (Lipinski definition) is 3. The number of benzene rings is 1. The minimum absolute atomic E-state index is 0.279. The quantitative estimate of drug-likeness (QED) is 0.775. The molecule has 2 rings (SSSR count). The molecule has 0 aliphatic carbocycles. The van der Waals surface area contributed by atoms with Gasteiger partial charge in [-0.15, -0.1) is 22.9 Å². The van der Waals surface area contributed by atoms with Crippen LogP contribution in [-0.2, 0) is 12.3 Å². The Morgan fingerprint density at radius 3 is 2.88 bits per heavy atom. The number of rotatable bonds is 5. The molecule has 90 valence electrons. The Balaban J connectivity index is 1.85. The van der Waals surface area contributed by atoms with E-state index in [0.29, 0.717) is 18.9 Å². The van der Waals surface area contributed by atoms with Gasteiger partial charge in [0.05, 0.1) is 23.2 Å². The molecule has 0 unspecified atom stereocenters. The summed E-state index contributed by atoms with van der Waals surface area (Å²) in [5.41, 5.74) is 0.873. The molecule has 0 aliphatic rings. The van der Waals surface area contributed by atoms with Gasteiger partial charge in [-0.25, -0.2) is 9.37 Å². The Kier molecular flexibility index (Phi) is 4.34. The first kappa shape index (κ1) is 12.3. The van der Waals surface area contributed by atoms with Crippen molar-refractivity contribution in [2.24, 2.45) is 0 Å². The Morgan fingerprint density at radius 2 is 2.18 bits per heavy atom. The van der Waals surface area contributed by atoms with Gasteiger partial charge in [0.2, 0.25) is 0 Å². The van der Waals surface area contributed by atoms with Crippen LogP contribution < -0.4 is 4.74 Å². The Bertz CT molecular complexity index is 489. The Morgan fingerprint density at radius 1 is 1.35 bits per heavy atom. The molecule has 0 fully saturated rings. The van der Waals surface area contributed by atoms with Crippen molar-refractivity contribution in [3.05, 3.63) is 46.2 Å². The lowest BCUT2D eigenvalue weighted by Gasteiger charge is -2.05. The summed E-state index contributed by atoms with van der Waals surface area (Å²) in [4.78, 5) is 4.30. The zero-order chi connectivity index (χ0) is 12.1. The molecule has 2 aromatic rings. The maximum Gasteiger partial charge on any atom is 0.165 e. The average molecular weight is 272 g/mol. The summed E-state index contributed by atoms with van der Waals surface area (Å²) in [6.07, 6.45) is 0.663. The molecule has 1 heterocycles. The second-order valence-electron chi connectivity index (χ2n) is 3.40. The van der Waals surface area contributed by atoms with Crippen molar-refractivity contribution in [1.82, 2.24) is 4.98 Å². The summed E-state index contributed by atoms with van der Waals surface area (Å²) in [5.74, 6) is 0.361. The molecule has 17 heavy (non-hydrogen) atoms. The monoisotopic (exact) mass is 271 g/mol. The first-order valence-electron chi connectivity index (χ1n) is 5.16. The van der Waals surface area contributed by atoms with Gasteiger partial charge in [-0.3, -0.25) is 0 Å². The lowest BCUT2D eigenvalue weighted by Crippen LogP contribution is -2.02. The van der Waals surface area contributed by atoms with Crippen molar-refractivity contribution in [3.63, 3.8) is 0 Å². The molecule has 0 bridgehead atoms. The largest absolute Gasteiger partial charge is 0.490 e. The van der Waals surface area contributed by atoms with Crippen LogP contribution in [-0.4, -0.2) is 11.6 Å². The number of aromatic nitrogens is 1. The van der Waals surface area contributed by atoms with Gasteiger partial charge >= 0.3 is 0 Å². The topological polar surface area (TPSA) is 22.1 Å². The van der Waals surface area contributed by atoms with Crippen LogP contribution in [0.3, 0.4) is 0 Å². The fourth-order valence-corrected chi connectivity index (χ4v) is 2.34. The molecular weight excluding hydrogens is 261 g/mol. The van der Waals surface area contributed by atoms with Crippen molar-refractivity contribution in [2.45, 2.75) is 12.3 Å². The van der Waals surface area contributed by atoms with Crippen LogP contribution in [0.1, 0.15) is 10.7 Å². The number of thiazole rings is 1. The fraction of sp³-hybridized carbons (Fsp3) is 0.250. The second kappa shape index (κ2) is 5.98. The normalized spacial score (nSPS) is 10.5. The highest BCUT2D eigenvalue weighted by Crippen LogP contribution is 2.17. The third kappa shape index (κ3) is 3.41. The minimum atomic E-state index is -0.340. The lowest BCUT2D eigenvalue weighted by atomic mass is 10.3. The highest BCUT2D eigenvalue weighted by atomic mass is 35.5. The van der Waals surface area contributed by atoms with Gasteiger partial charge in [-0.05, 0) is 12.1 Å². The molecule has 0 amide bonds. The third-order valence-electron chi connectivity index (χ3n) is 2.15. The van der Waals surface area contributed by atoms with Crippen LogP contribution in [0.4, 0.5) is 4.39 Å². The predicted octanol–water partition coefficient (Wildman–Crippen LogP) is 3.64. The number of halogens is 2. The molecule has 1 aromatic heterocycles. The van der Waals surface area contributed by atoms with Crippen LogP contribution in [0.15, 0.2) is 29.6 Å². The van der Waals surface area contributed by atoms with E-state index in [1.165, 1.54) is 6.07 Å². The first-order valence-corrected chi connectivity index (χ1v) is 6.57. The molecule has 0 aliphatic heterocycles. The molecule has 0 atom stereocenters. The minimum Gasteiger partial charge on any atom is -0.490 e. The van der Waals surface area contributed by atoms with E-state index in [0.717, 1.165) is 10.7 Å². The number of alkyl halides is 1. The summed E-state index contributed by atoms with van der Waals surface area (Å²) < 4.78 is 18.6. The smallest absolute Gasteiger partial charge is 0.165 e. The van der Waals surface area contributed by atoms with Crippen LogP contribution in [0, 0.1) is 5.82 Å². The molecule has 2 nitrogen and oxygen atoms in total. The number of hydrogen-bond donors (Lipinski definition) is 0. The zero-order valence-corrected chi connectivity index (χ0v) is 10.6. The third-order valence-corrected chi connectivity index (χ3v) is 3.38. The van der Waals surface area contributed by atoms with Crippen molar-refractivity contribution in [1.29, 1.82) is 0 Å². The van der Waals surface area contributed by atoms with E-state index < -0.39 is 0 Å². The summed E-state index contributed by atoms with van der Waals surface area (Å²) in [6.45, 7) is 0.413. The maximum absolute atomic E-state index is 13.2. The van der Waals surface area contributed by atoms with Gasteiger partial charge in [-0.1, -0.05) is 12.1 Å². The van der Waals surface area contributed by atoms with Crippen molar-refractivity contribution < 1.29 is 9.13 Å². The summed E-state index contributed by atoms with van der Waals surface area (Å²) >= 11 is 7.20. The summed E-state index contributed by atoms with van der Waals surface area (Å²) in [6, 6.07) is 6.37. The Hall–Kier alpha value is -1.13. The van der Waals surface area contributed by atoms with Gasteiger partial charge < -0.3 is 4.74 Å². The van der Waals surface area contributed by atoms with Crippen molar-refractivity contribution >= 4 is 22.9 Å². The van der Waals surface area contributed by atoms with E-state index in [1.54, 1.807) is 29.5 Å². The van der Waals surface area contributed by atoms with E-state index in [1.807, 2.05) is 5.38 Å². The summed E-state index contributed by atoms with van der Waals surface area (Å²) in [7, 11) is 0. The fourth-order valence-electron chi connectivity index (χ4n) is 1.34. The zero-order valence-electron chi connectivity index (χ0n) is 9.03. The van der Waals surface area contributed by atoms with Gasteiger partial charge in [-0.2, -0.15) is 0 Å². The van der Waals surface area contributed by atoms with Crippen molar-refractivity contribution in [3.8, 4) is 5.75 Å². The molecule has 0 N–H and O–H groups in total. The van der Waals surface area contributed by atoms with E-state index in [9.17, 15) is 4.39 Å². The number of para-hydroxylation sites is 1. The summed E-state index contributed by atoms with van der Waals surface area (Å²) in [5, 5.41) is 2.88. The highest BCUT2D eigenvalue weighted by Gasteiger charge is 2.04. The van der Waals surface area contributed by atoms with E-state index in [-0.39, 0.29) is 11.6 Å². The van der Waals surface area contributed by atoms with Gasteiger partial charge in [0.25, 0.3) is 0 Å². The Labute approximate surface area is 108 Å². The van der Waals surface area contributed by atoms with E-state index in [4.69, 9.17) is 16.3 Å². The lowest BCUT2D eigenvalue weighted by molar-refractivity contribution is 0.305. The van der Waals surface area contributed by atoms with Crippen LogP contribution in [0.5, 0.6) is 5.75 Å². The van der Waals surface area contributed by atoms with E-state index >= 15 is 0 Å². The molecule has 0 spiro atoms.